The maximum absolute atomic E-state index is 13.4. The summed E-state index contributed by atoms with van der Waals surface area (Å²) in [7, 11) is 1.70. The van der Waals surface area contributed by atoms with Crippen molar-refractivity contribution in [3.05, 3.63) is 54.8 Å². The Morgan fingerprint density at radius 2 is 2.16 bits per heavy atom. The summed E-state index contributed by atoms with van der Waals surface area (Å²) in [6, 6.07) is 6.42. The van der Waals surface area contributed by atoms with Gasteiger partial charge in [0.1, 0.15) is 5.82 Å². The third kappa shape index (κ3) is 3.43. The number of halogens is 3. The monoisotopic (exact) mass is 405 g/mol. The van der Waals surface area contributed by atoms with E-state index in [1.807, 2.05) is 11.4 Å². The summed E-state index contributed by atoms with van der Waals surface area (Å²) in [5, 5.41) is 1.98. The second-order valence-corrected chi connectivity index (χ2v) is 7.11. The van der Waals surface area contributed by atoms with Crippen LogP contribution in [0, 0.1) is 5.82 Å². The van der Waals surface area contributed by atoms with Gasteiger partial charge in [-0.2, -0.15) is 0 Å². The molecular weight excluding hydrogens is 397 g/mol. The van der Waals surface area contributed by atoms with Crippen molar-refractivity contribution in [1.82, 2.24) is 4.90 Å². The maximum Gasteiger partial charge on any atom is 0.255 e. The van der Waals surface area contributed by atoms with Crippen LogP contribution in [-0.2, 0) is 6.54 Å². The average molecular weight is 407 g/mol. The molecule has 2 rings (SSSR count). The Morgan fingerprint density at radius 1 is 1.42 bits per heavy atom. The molecule has 0 radical (unpaired) electrons. The molecule has 1 heterocycles. The van der Waals surface area contributed by atoms with Crippen LogP contribution in [0.15, 0.2) is 37.9 Å². The molecule has 0 atom stereocenters. The summed E-state index contributed by atoms with van der Waals surface area (Å²) < 4.78 is 14.6. The van der Waals surface area contributed by atoms with Crippen LogP contribution in [-0.4, -0.2) is 17.9 Å². The Morgan fingerprint density at radius 3 is 2.79 bits per heavy atom. The van der Waals surface area contributed by atoms with Gasteiger partial charge in [0.25, 0.3) is 5.91 Å². The highest BCUT2D eigenvalue weighted by Crippen LogP contribution is 2.24. The fraction of sp³-hybridized carbons (Fsp3) is 0.154. The Bertz CT molecular complexity index is 614. The number of carbonyl (C=O) groups is 1. The van der Waals surface area contributed by atoms with E-state index in [2.05, 4.69) is 31.9 Å². The van der Waals surface area contributed by atoms with Gasteiger partial charge >= 0.3 is 0 Å². The van der Waals surface area contributed by atoms with E-state index in [4.69, 9.17) is 0 Å². The summed E-state index contributed by atoms with van der Waals surface area (Å²) in [6.07, 6.45) is 0. The predicted octanol–water partition coefficient (Wildman–Crippen LogP) is 4.68. The zero-order valence-corrected chi connectivity index (χ0v) is 14.0. The van der Waals surface area contributed by atoms with Crippen molar-refractivity contribution < 1.29 is 9.18 Å². The topological polar surface area (TPSA) is 20.3 Å². The van der Waals surface area contributed by atoms with Gasteiger partial charge in [-0.3, -0.25) is 4.79 Å². The van der Waals surface area contributed by atoms with Crippen LogP contribution in [0.5, 0.6) is 0 Å². The smallest absolute Gasteiger partial charge is 0.255 e. The lowest BCUT2D eigenvalue weighted by molar-refractivity contribution is 0.0783. The maximum atomic E-state index is 13.4. The SMILES string of the molecule is CN(Cc1csc(Br)c1)C(=O)c1cccc(F)c1Br. The minimum atomic E-state index is -0.433. The molecule has 0 aliphatic carbocycles. The average Bonchev–Trinajstić information content (AvgIpc) is 2.77. The molecule has 0 N–H and O–H groups in total. The van der Waals surface area contributed by atoms with Gasteiger partial charge in [-0.25, -0.2) is 4.39 Å². The van der Waals surface area contributed by atoms with Gasteiger partial charge in [-0.1, -0.05) is 6.07 Å². The quantitative estimate of drug-likeness (QED) is 0.724. The molecule has 0 aliphatic rings. The predicted molar refractivity (Wildman–Crippen MR) is 81.9 cm³/mol. The van der Waals surface area contributed by atoms with E-state index in [0.29, 0.717) is 12.1 Å². The van der Waals surface area contributed by atoms with E-state index in [9.17, 15) is 9.18 Å². The molecule has 0 spiro atoms. The lowest BCUT2D eigenvalue weighted by atomic mass is 10.2. The third-order valence-electron chi connectivity index (χ3n) is 2.57. The van der Waals surface area contributed by atoms with Crippen LogP contribution in [0.2, 0.25) is 0 Å². The molecule has 0 fully saturated rings. The number of hydrogen-bond acceptors (Lipinski definition) is 2. The molecule has 1 aromatic heterocycles. The van der Waals surface area contributed by atoms with Gasteiger partial charge in [-0.15, -0.1) is 11.3 Å². The first kappa shape index (κ1) is 14.7. The Labute approximate surface area is 131 Å². The Hall–Kier alpha value is -0.720. The second kappa shape index (κ2) is 6.15. The molecule has 100 valence electrons. The molecule has 19 heavy (non-hydrogen) atoms. The number of thiophene rings is 1. The fourth-order valence-corrected chi connectivity index (χ4v) is 3.28. The van der Waals surface area contributed by atoms with Crippen molar-refractivity contribution in [3.8, 4) is 0 Å². The minimum Gasteiger partial charge on any atom is -0.337 e. The molecule has 0 saturated carbocycles. The third-order valence-corrected chi connectivity index (χ3v) is 4.93. The summed E-state index contributed by atoms with van der Waals surface area (Å²) in [6.45, 7) is 0.490. The molecule has 0 saturated heterocycles. The van der Waals surface area contributed by atoms with Crippen molar-refractivity contribution >= 4 is 49.1 Å². The molecule has 1 aromatic carbocycles. The molecule has 6 heteroatoms. The van der Waals surface area contributed by atoms with Crippen LogP contribution in [0.4, 0.5) is 4.39 Å². The number of hydrogen-bond donors (Lipinski definition) is 0. The van der Waals surface area contributed by atoms with Gasteiger partial charge in [0, 0.05) is 13.6 Å². The summed E-state index contributed by atoms with van der Waals surface area (Å²) in [4.78, 5) is 13.8. The molecule has 1 amide bonds. The second-order valence-electron chi connectivity index (χ2n) is 4.02. The Balaban J connectivity index is 2.17. The molecule has 0 unspecified atom stereocenters. The van der Waals surface area contributed by atoms with Gasteiger partial charge in [-0.05, 0) is 61.0 Å². The highest BCUT2D eigenvalue weighted by Gasteiger charge is 2.17. The van der Waals surface area contributed by atoms with Crippen LogP contribution in [0.3, 0.4) is 0 Å². The summed E-state index contributed by atoms with van der Waals surface area (Å²) in [5.74, 6) is -0.647. The summed E-state index contributed by atoms with van der Waals surface area (Å²) in [5.41, 5.74) is 1.37. The first-order chi connectivity index (χ1) is 8.99. The molecule has 0 bridgehead atoms. The van der Waals surface area contributed by atoms with E-state index < -0.39 is 5.82 Å². The largest absolute Gasteiger partial charge is 0.337 e. The summed E-state index contributed by atoms with van der Waals surface area (Å²) >= 11 is 8.06. The van der Waals surface area contributed by atoms with Crippen molar-refractivity contribution in [2.45, 2.75) is 6.54 Å². The van der Waals surface area contributed by atoms with E-state index in [0.717, 1.165) is 9.35 Å². The van der Waals surface area contributed by atoms with E-state index in [-0.39, 0.29) is 10.4 Å². The van der Waals surface area contributed by atoms with Crippen molar-refractivity contribution in [2.24, 2.45) is 0 Å². The van der Waals surface area contributed by atoms with Crippen LogP contribution < -0.4 is 0 Å². The molecule has 2 nitrogen and oxygen atoms in total. The number of nitrogens with zero attached hydrogens (tertiary/aromatic N) is 1. The van der Waals surface area contributed by atoms with Gasteiger partial charge < -0.3 is 4.90 Å². The van der Waals surface area contributed by atoms with Crippen molar-refractivity contribution in [2.75, 3.05) is 7.05 Å². The highest BCUT2D eigenvalue weighted by atomic mass is 79.9. The first-order valence-corrected chi connectivity index (χ1v) is 7.88. The normalized spacial score (nSPS) is 10.5. The van der Waals surface area contributed by atoms with Gasteiger partial charge in [0.2, 0.25) is 0 Å². The first-order valence-electron chi connectivity index (χ1n) is 5.41. The van der Waals surface area contributed by atoms with Gasteiger partial charge in [0.05, 0.1) is 13.8 Å². The van der Waals surface area contributed by atoms with Gasteiger partial charge in [0.15, 0.2) is 0 Å². The van der Waals surface area contributed by atoms with Crippen LogP contribution in [0.1, 0.15) is 15.9 Å². The van der Waals surface area contributed by atoms with E-state index >= 15 is 0 Å². The highest BCUT2D eigenvalue weighted by molar-refractivity contribution is 9.11. The lowest BCUT2D eigenvalue weighted by Crippen LogP contribution is -2.26. The van der Waals surface area contributed by atoms with Crippen molar-refractivity contribution in [3.63, 3.8) is 0 Å². The fourth-order valence-electron chi connectivity index (χ4n) is 1.65. The standard InChI is InChI=1S/C13H10Br2FNOS/c1-17(6-8-5-11(14)19-7-8)13(18)9-3-2-4-10(16)12(9)15/h2-5,7H,6H2,1H3. The van der Waals surface area contributed by atoms with Crippen LogP contribution in [0.25, 0.3) is 0 Å². The number of benzene rings is 1. The number of carbonyl (C=O) groups excluding carboxylic acids is 1. The molecule has 0 aliphatic heterocycles. The zero-order chi connectivity index (χ0) is 14.0. The Kier molecular flexibility index (Phi) is 4.76. The van der Waals surface area contributed by atoms with E-state index in [1.54, 1.807) is 29.4 Å². The van der Waals surface area contributed by atoms with Crippen LogP contribution >= 0.6 is 43.2 Å². The van der Waals surface area contributed by atoms with E-state index in [1.165, 1.54) is 12.1 Å². The number of rotatable bonds is 3. The molecule has 2 aromatic rings. The zero-order valence-electron chi connectivity index (χ0n) is 9.99. The lowest BCUT2D eigenvalue weighted by Gasteiger charge is -2.17. The molecular formula is C13H10Br2FNOS. The number of amides is 1. The minimum absolute atomic E-state index is 0.207. The van der Waals surface area contributed by atoms with Crippen molar-refractivity contribution in [1.29, 1.82) is 0 Å².